The lowest BCUT2D eigenvalue weighted by Gasteiger charge is -2.17. The van der Waals surface area contributed by atoms with Crippen LogP contribution in [-0.2, 0) is 4.74 Å². The Morgan fingerprint density at radius 2 is 1.69 bits per heavy atom. The first-order valence-electron chi connectivity index (χ1n) is 7.69. The van der Waals surface area contributed by atoms with Gasteiger partial charge in [-0.05, 0) is 24.1 Å². The molecule has 0 saturated carbocycles. The molecule has 2 rings (SSSR count). The van der Waals surface area contributed by atoms with Crippen LogP contribution in [-0.4, -0.2) is 20.2 Å². The van der Waals surface area contributed by atoms with Crippen molar-refractivity contribution in [3.8, 4) is 23.3 Å². The molecule has 2 aromatic carbocycles. The number of benzene rings is 2. The predicted molar refractivity (Wildman–Crippen MR) is 99.7 cm³/mol. The van der Waals surface area contributed by atoms with E-state index in [-0.39, 0.29) is 27.3 Å². The Morgan fingerprint density at radius 1 is 1.08 bits per heavy atom. The van der Waals surface area contributed by atoms with Crippen LogP contribution in [0.3, 0.4) is 0 Å². The summed E-state index contributed by atoms with van der Waals surface area (Å²) in [6.07, 6.45) is 0. The Bertz CT molecular complexity index is 865. The van der Waals surface area contributed by atoms with Crippen molar-refractivity contribution in [3.05, 3.63) is 51.0 Å². The van der Waals surface area contributed by atoms with Crippen LogP contribution in [0.2, 0.25) is 10.0 Å². The average molecular weight is 394 g/mol. The van der Waals surface area contributed by atoms with E-state index in [1.165, 1.54) is 26.4 Å². The largest absolute Gasteiger partial charge is 0.495 e. The number of carbonyl (C=O) groups excluding carboxylic acids is 1. The van der Waals surface area contributed by atoms with Crippen LogP contribution in [0.1, 0.15) is 41.3 Å². The summed E-state index contributed by atoms with van der Waals surface area (Å²) in [4.78, 5) is 11.6. The van der Waals surface area contributed by atoms with Gasteiger partial charge in [0.2, 0.25) is 0 Å². The molecule has 0 unspecified atom stereocenters. The normalized spacial score (nSPS) is 10.4. The van der Waals surface area contributed by atoms with E-state index in [2.05, 4.69) is 10.8 Å². The summed E-state index contributed by atoms with van der Waals surface area (Å²) in [6.45, 7) is 3.96. The molecule has 0 aromatic heterocycles. The molecule has 0 bridgehead atoms. The van der Waals surface area contributed by atoms with Crippen molar-refractivity contribution in [2.24, 2.45) is 0 Å². The minimum absolute atomic E-state index is 0.105. The third kappa shape index (κ3) is 4.04. The van der Waals surface area contributed by atoms with E-state index in [4.69, 9.17) is 32.7 Å². The fourth-order valence-electron chi connectivity index (χ4n) is 2.43. The molecule has 136 valence electrons. The molecule has 0 radical (unpaired) electrons. The summed E-state index contributed by atoms with van der Waals surface area (Å²) in [6, 6.07) is 8.23. The summed E-state index contributed by atoms with van der Waals surface area (Å²) in [5.74, 6) is 0.630. The molecule has 0 aliphatic heterocycles. The zero-order valence-electron chi connectivity index (χ0n) is 14.7. The number of nitriles is 1. The van der Waals surface area contributed by atoms with Crippen LogP contribution in [0.5, 0.6) is 17.2 Å². The molecule has 2 aromatic rings. The number of halogens is 2. The van der Waals surface area contributed by atoms with E-state index >= 15 is 0 Å². The van der Waals surface area contributed by atoms with Crippen LogP contribution in [0.4, 0.5) is 0 Å². The maximum absolute atomic E-state index is 11.6. The molecule has 7 heteroatoms. The summed E-state index contributed by atoms with van der Waals surface area (Å²) in [7, 11) is 2.78. The Morgan fingerprint density at radius 3 is 2.15 bits per heavy atom. The second-order valence-electron chi connectivity index (χ2n) is 5.72. The molecule has 26 heavy (non-hydrogen) atoms. The monoisotopic (exact) mass is 393 g/mol. The summed E-state index contributed by atoms with van der Waals surface area (Å²) in [5, 5.41) is 9.69. The van der Waals surface area contributed by atoms with Gasteiger partial charge in [-0.25, -0.2) is 4.79 Å². The van der Waals surface area contributed by atoms with Crippen molar-refractivity contribution in [3.63, 3.8) is 0 Å². The van der Waals surface area contributed by atoms with Crippen molar-refractivity contribution in [2.45, 2.75) is 19.8 Å². The quantitative estimate of drug-likeness (QED) is 0.620. The fraction of sp³-hybridized carbons (Fsp3) is 0.263. The number of carbonyl (C=O) groups is 1. The van der Waals surface area contributed by atoms with Crippen LogP contribution in [0, 0.1) is 11.3 Å². The molecule has 0 N–H and O–H groups in total. The molecule has 0 aliphatic carbocycles. The van der Waals surface area contributed by atoms with Crippen molar-refractivity contribution in [1.82, 2.24) is 0 Å². The van der Waals surface area contributed by atoms with Gasteiger partial charge in [0.1, 0.15) is 17.6 Å². The second-order valence-corrected chi connectivity index (χ2v) is 6.54. The minimum Gasteiger partial charge on any atom is -0.495 e. The van der Waals surface area contributed by atoms with E-state index in [0.717, 1.165) is 5.56 Å². The number of hydrogen-bond acceptors (Lipinski definition) is 5. The SMILES string of the molecule is COC(=O)c1cc(Cl)c(Oc2cc(C#N)c(OC)c(C(C)C)c2)c(Cl)c1. The minimum atomic E-state index is -0.557. The molecular formula is C19H17Cl2NO4. The van der Waals surface area contributed by atoms with Crippen molar-refractivity contribution < 1.29 is 19.0 Å². The first kappa shape index (κ1) is 19.9. The Hall–Kier alpha value is -2.42. The zero-order chi connectivity index (χ0) is 19.4. The number of rotatable bonds is 5. The van der Waals surface area contributed by atoms with Gasteiger partial charge in [-0.15, -0.1) is 0 Å². The lowest BCUT2D eigenvalue weighted by molar-refractivity contribution is 0.0600. The van der Waals surface area contributed by atoms with Gasteiger partial charge >= 0.3 is 5.97 Å². The number of methoxy groups -OCH3 is 2. The van der Waals surface area contributed by atoms with Gasteiger partial charge in [-0.3, -0.25) is 0 Å². The van der Waals surface area contributed by atoms with Gasteiger partial charge in [0.15, 0.2) is 5.75 Å². The van der Waals surface area contributed by atoms with Gasteiger partial charge < -0.3 is 14.2 Å². The molecule has 0 fully saturated rings. The van der Waals surface area contributed by atoms with Gasteiger partial charge in [0, 0.05) is 11.6 Å². The topological polar surface area (TPSA) is 68.5 Å². The lowest BCUT2D eigenvalue weighted by Crippen LogP contribution is -2.02. The molecule has 0 spiro atoms. The maximum atomic E-state index is 11.6. The molecular weight excluding hydrogens is 377 g/mol. The van der Waals surface area contributed by atoms with Crippen molar-refractivity contribution in [1.29, 1.82) is 5.26 Å². The summed E-state index contributed by atoms with van der Waals surface area (Å²) < 4.78 is 15.8. The van der Waals surface area contributed by atoms with Crippen molar-refractivity contribution >= 4 is 29.2 Å². The summed E-state index contributed by atoms with van der Waals surface area (Å²) >= 11 is 12.4. The molecule has 0 atom stereocenters. The number of esters is 1. The zero-order valence-corrected chi connectivity index (χ0v) is 16.2. The Balaban J connectivity index is 2.51. The third-order valence-electron chi connectivity index (χ3n) is 3.68. The lowest BCUT2D eigenvalue weighted by atomic mass is 9.99. The highest BCUT2D eigenvalue weighted by atomic mass is 35.5. The smallest absolute Gasteiger partial charge is 0.337 e. The molecule has 5 nitrogen and oxygen atoms in total. The fourth-order valence-corrected chi connectivity index (χ4v) is 3.00. The third-order valence-corrected chi connectivity index (χ3v) is 4.24. The van der Waals surface area contributed by atoms with E-state index in [1.807, 2.05) is 13.8 Å². The Kier molecular flexibility index (Phi) is 6.36. The number of ether oxygens (including phenoxy) is 3. The van der Waals surface area contributed by atoms with Gasteiger partial charge in [0.05, 0.1) is 35.4 Å². The molecule has 0 aliphatic rings. The standard InChI is InChI=1S/C19H17Cl2NO4/c1-10(2)14-8-13(5-12(9-22)17(14)24-3)26-18-15(20)6-11(7-16(18)21)19(23)25-4/h5-8,10H,1-4H3. The first-order valence-corrected chi connectivity index (χ1v) is 8.45. The summed E-state index contributed by atoms with van der Waals surface area (Å²) in [5.41, 5.74) is 1.37. The molecule has 0 amide bonds. The van der Waals surface area contributed by atoms with Gasteiger partial charge in [-0.2, -0.15) is 5.26 Å². The van der Waals surface area contributed by atoms with Crippen LogP contribution < -0.4 is 9.47 Å². The highest BCUT2D eigenvalue weighted by molar-refractivity contribution is 6.37. The van der Waals surface area contributed by atoms with E-state index < -0.39 is 5.97 Å². The highest BCUT2D eigenvalue weighted by Crippen LogP contribution is 2.40. The average Bonchev–Trinajstić information content (AvgIpc) is 2.62. The number of nitrogens with zero attached hydrogens (tertiary/aromatic N) is 1. The highest BCUT2D eigenvalue weighted by Gasteiger charge is 2.19. The first-order chi connectivity index (χ1) is 12.3. The van der Waals surface area contributed by atoms with Gasteiger partial charge in [0.25, 0.3) is 0 Å². The van der Waals surface area contributed by atoms with E-state index in [1.54, 1.807) is 12.1 Å². The number of hydrogen-bond donors (Lipinski definition) is 0. The maximum Gasteiger partial charge on any atom is 0.337 e. The molecule has 0 saturated heterocycles. The van der Waals surface area contributed by atoms with Crippen LogP contribution in [0.15, 0.2) is 24.3 Å². The van der Waals surface area contributed by atoms with Crippen molar-refractivity contribution in [2.75, 3.05) is 14.2 Å². The van der Waals surface area contributed by atoms with Crippen LogP contribution in [0.25, 0.3) is 0 Å². The molecule has 0 heterocycles. The second kappa shape index (κ2) is 8.31. The van der Waals surface area contributed by atoms with Gasteiger partial charge in [-0.1, -0.05) is 37.0 Å². The Labute approximate surface area is 162 Å². The predicted octanol–water partition coefficient (Wildman–Crippen LogP) is 5.58. The van der Waals surface area contributed by atoms with Crippen LogP contribution >= 0.6 is 23.2 Å². The van der Waals surface area contributed by atoms with E-state index in [0.29, 0.717) is 17.1 Å². The van der Waals surface area contributed by atoms with E-state index in [9.17, 15) is 10.1 Å².